The summed E-state index contributed by atoms with van der Waals surface area (Å²) in [4.78, 5) is 30.0. The van der Waals surface area contributed by atoms with Gasteiger partial charge in [-0.15, -0.1) is 11.8 Å². The van der Waals surface area contributed by atoms with Gasteiger partial charge in [0.05, 0.1) is 16.2 Å². The highest BCUT2D eigenvalue weighted by Crippen LogP contribution is 2.31. The lowest BCUT2D eigenvalue weighted by Crippen LogP contribution is -2.49. The summed E-state index contributed by atoms with van der Waals surface area (Å²) in [7, 11) is 0. The number of thioether (sulfide) groups is 1. The van der Waals surface area contributed by atoms with Gasteiger partial charge >= 0.3 is 12.0 Å². The number of nitrogens with zero attached hydrogens (tertiary/aromatic N) is 2. The van der Waals surface area contributed by atoms with Gasteiger partial charge in [-0.05, 0) is 50.9 Å². The third kappa shape index (κ3) is 6.99. The molecule has 0 spiro atoms. The molecule has 1 aromatic rings. The second-order valence-corrected chi connectivity index (χ2v) is 10.2. The van der Waals surface area contributed by atoms with Gasteiger partial charge in [0, 0.05) is 12.1 Å². The van der Waals surface area contributed by atoms with Gasteiger partial charge < -0.3 is 10.0 Å². The van der Waals surface area contributed by atoms with E-state index >= 15 is 0 Å². The summed E-state index contributed by atoms with van der Waals surface area (Å²) in [5.41, 5.74) is 0. The maximum Gasteiger partial charge on any atom is 0.324 e. The summed E-state index contributed by atoms with van der Waals surface area (Å²) in [6.45, 7) is 8.78. The summed E-state index contributed by atoms with van der Waals surface area (Å²) >= 11 is 2.54. The molecule has 1 aliphatic rings. The van der Waals surface area contributed by atoms with Crippen molar-refractivity contribution in [3.8, 4) is 0 Å². The van der Waals surface area contributed by atoms with Crippen molar-refractivity contribution in [3.63, 3.8) is 0 Å². The van der Waals surface area contributed by atoms with Crippen LogP contribution in [-0.2, 0) is 4.79 Å². The summed E-state index contributed by atoms with van der Waals surface area (Å²) < 4.78 is 0.793. The molecule has 0 radical (unpaired) electrons. The van der Waals surface area contributed by atoms with E-state index in [1.807, 2.05) is 4.90 Å². The highest BCUT2D eigenvalue weighted by atomic mass is 32.2. The number of thiazole rings is 1. The molecule has 1 saturated carbocycles. The number of amides is 2. The van der Waals surface area contributed by atoms with Crippen LogP contribution in [0.4, 0.5) is 9.93 Å². The lowest BCUT2D eigenvalue weighted by Gasteiger charge is -2.40. The average Bonchev–Trinajstić information content (AvgIpc) is 3.01. The molecule has 0 aromatic carbocycles. The van der Waals surface area contributed by atoms with Gasteiger partial charge in [-0.25, -0.2) is 9.78 Å². The van der Waals surface area contributed by atoms with Crippen LogP contribution >= 0.6 is 23.1 Å². The van der Waals surface area contributed by atoms with Gasteiger partial charge in [-0.2, -0.15) is 0 Å². The predicted octanol–water partition coefficient (Wildman–Crippen LogP) is 5.17. The lowest BCUT2D eigenvalue weighted by molar-refractivity contribution is -0.133. The molecule has 2 rings (SSSR count). The van der Waals surface area contributed by atoms with Crippen molar-refractivity contribution in [1.29, 1.82) is 0 Å². The number of carbonyl (C=O) groups is 2. The lowest BCUT2D eigenvalue weighted by atomic mass is 9.85. The number of carbonyl (C=O) groups excluding carboxylic acids is 1. The van der Waals surface area contributed by atoms with Gasteiger partial charge in [0.15, 0.2) is 5.13 Å². The Bertz CT molecular complexity index is 627. The zero-order valence-electron chi connectivity index (χ0n) is 16.6. The second-order valence-electron chi connectivity index (χ2n) is 7.90. The smallest absolute Gasteiger partial charge is 0.324 e. The Morgan fingerprint density at radius 3 is 2.59 bits per heavy atom. The van der Waals surface area contributed by atoms with Crippen molar-refractivity contribution >= 4 is 40.2 Å². The van der Waals surface area contributed by atoms with Crippen LogP contribution in [0.3, 0.4) is 0 Å². The number of carboxylic acid groups (broad SMARTS) is 1. The van der Waals surface area contributed by atoms with Crippen LogP contribution in [0.15, 0.2) is 10.4 Å². The molecule has 152 valence electrons. The molecule has 2 N–H and O–H groups in total. The van der Waals surface area contributed by atoms with Crippen molar-refractivity contribution in [2.45, 2.75) is 76.1 Å². The summed E-state index contributed by atoms with van der Waals surface area (Å²) in [6.07, 6.45) is 7.02. The Morgan fingerprint density at radius 2 is 2.00 bits per heavy atom. The third-order valence-electron chi connectivity index (χ3n) is 4.94. The monoisotopic (exact) mass is 413 g/mol. The summed E-state index contributed by atoms with van der Waals surface area (Å²) in [5.74, 6) is 0.392. The largest absolute Gasteiger partial charge is 0.481 e. The third-order valence-corrected chi connectivity index (χ3v) is 7.03. The molecular formula is C19H31N3O3S2. The zero-order chi connectivity index (χ0) is 20.0. The normalized spacial score (nSPS) is 21.1. The minimum Gasteiger partial charge on any atom is -0.481 e. The first-order valence-electron chi connectivity index (χ1n) is 9.66. The minimum atomic E-state index is -0.862. The van der Waals surface area contributed by atoms with Crippen LogP contribution in [0.5, 0.6) is 0 Å². The van der Waals surface area contributed by atoms with E-state index in [4.69, 9.17) is 5.11 Å². The molecule has 0 saturated heterocycles. The fourth-order valence-electron chi connectivity index (χ4n) is 3.72. The number of aromatic nitrogens is 1. The molecule has 27 heavy (non-hydrogen) atoms. The van der Waals surface area contributed by atoms with Crippen molar-refractivity contribution in [2.24, 2.45) is 11.8 Å². The fraction of sp³-hybridized carbons (Fsp3) is 0.737. The highest BCUT2D eigenvalue weighted by Gasteiger charge is 2.31. The van der Waals surface area contributed by atoms with E-state index < -0.39 is 5.97 Å². The number of hydrogen-bond acceptors (Lipinski definition) is 5. The molecule has 0 bridgehead atoms. The van der Waals surface area contributed by atoms with Gasteiger partial charge in [0.2, 0.25) is 0 Å². The Morgan fingerprint density at radius 1 is 1.33 bits per heavy atom. The Labute approximate surface area is 170 Å². The maximum atomic E-state index is 13.1. The van der Waals surface area contributed by atoms with Crippen LogP contribution in [-0.4, -0.2) is 44.8 Å². The number of carboxylic acids is 1. The van der Waals surface area contributed by atoms with E-state index in [1.165, 1.54) is 23.1 Å². The van der Waals surface area contributed by atoms with Crippen LogP contribution in [0.25, 0.3) is 0 Å². The minimum absolute atomic E-state index is 0.00656. The Balaban J connectivity index is 2.05. The van der Waals surface area contributed by atoms with Crippen LogP contribution in [0.1, 0.15) is 59.8 Å². The quantitative estimate of drug-likeness (QED) is 0.575. The molecule has 2 amide bonds. The molecular weight excluding hydrogens is 382 g/mol. The van der Waals surface area contributed by atoms with E-state index in [-0.39, 0.29) is 23.9 Å². The molecule has 1 unspecified atom stereocenters. The molecule has 1 aliphatic carbocycles. The standard InChI is InChI=1S/C19H31N3O3S2/c1-12(2)9-14(4)22(15-7-5-13(3)6-8-15)19(25)21-18-20-10-17(27-18)26-11-16(23)24/h10,12-15H,5-9,11H2,1-4H3,(H,23,24)(H,20,21,25)/t13-,14?,15-. The van der Waals surface area contributed by atoms with Gasteiger partial charge in [0.25, 0.3) is 0 Å². The molecule has 1 atom stereocenters. The zero-order valence-corrected chi connectivity index (χ0v) is 18.2. The van der Waals surface area contributed by atoms with Gasteiger partial charge in [-0.1, -0.05) is 32.1 Å². The molecule has 1 heterocycles. The van der Waals surface area contributed by atoms with E-state index in [0.29, 0.717) is 11.0 Å². The topological polar surface area (TPSA) is 82.5 Å². The van der Waals surface area contributed by atoms with E-state index in [2.05, 4.69) is 38.0 Å². The predicted molar refractivity (Wildman–Crippen MR) is 112 cm³/mol. The second kappa shape index (κ2) is 10.3. The number of aliphatic carboxylic acids is 1. The average molecular weight is 414 g/mol. The molecule has 1 fully saturated rings. The molecule has 0 aliphatic heterocycles. The fourth-order valence-corrected chi connectivity index (χ4v) is 5.30. The van der Waals surface area contributed by atoms with E-state index in [1.54, 1.807) is 6.20 Å². The van der Waals surface area contributed by atoms with E-state index in [0.717, 1.165) is 42.2 Å². The number of rotatable bonds is 8. The first-order chi connectivity index (χ1) is 12.8. The van der Waals surface area contributed by atoms with Crippen molar-refractivity contribution < 1.29 is 14.7 Å². The molecule has 8 heteroatoms. The molecule has 6 nitrogen and oxygen atoms in total. The molecule has 1 aromatic heterocycles. The van der Waals surface area contributed by atoms with Gasteiger partial charge in [0.1, 0.15) is 0 Å². The Hall–Kier alpha value is -1.28. The van der Waals surface area contributed by atoms with Crippen LogP contribution < -0.4 is 5.32 Å². The van der Waals surface area contributed by atoms with Crippen molar-refractivity contribution in [1.82, 2.24) is 9.88 Å². The maximum absolute atomic E-state index is 13.1. The number of anilines is 1. The van der Waals surface area contributed by atoms with Crippen LogP contribution in [0.2, 0.25) is 0 Å². The number of nitrogens with one attached hydrogen (secondary N) is 1. The number of urea groups is 1. The van der Waals surface area contributed by atoms with E-state index in [9.17, 15) is 9.59 Å². The Kier molecular flexibility index (Phi) is 8.41. The first-order valence-corrected chi connectivity index (χ1v) is 11.5. The van der Waals surface area contributed by atoms with Crippen LogP contribution in [0, 0.1) is 11.8 Å². The summed E-state index contributed by atoms with van der Waals surface area (Å²) in [5, 5.41) is 12.3. The summed E-state index contributed by atoms with van der Waals surface area (Å²) in [6, 6.07) is 0.354. The first kappa shape index (κ1) is 22.0. The number of hydrogen-bond donors (Lipinski definition) is 2. The van der Waals surface area contributed by atoms with Crippen molar-refractivity contribution in [3.05, 3.63) is 6.20 Å². The van der Waals surface area contributed by atoms with Crippen molar-refractivity contribution in [2.75, 3.05) is 11.1 Å². The van der Waals surface area contributed by atoms with Gasteiger partial charge in [-0.3, -0.25) is 10.1 Å². The SMILES string of the molecule is CC(C)CC(C)N(C(=O)Nc1ncc(SCC(=O)O)s1)[C@H]1CC[C@H](C)CC1. The highest BCUT2D eigenvalue weighted by molar-refractivity contribution is 8.01.